The monoisotopic (exact) mass is 674 g/mol. The van der Waals surface area contributed by atoms with Crippen molar-refractivity contribution in [3.05, 3.63) is 28.8 Å². The van der Waals surface area contributed by atoms with Crippen molar-refractivity contribution in [3.8, 4) is 5.75 Å². The van der Waals surface area contributed by atoms with E-state index in [1.54, 1.807) is 0 Å². The minimum Gasteiger partial charge on any atom is -0.507 e. The van der Waals surface area contributed by atoms with Crippen LogP contribution in [0.2, 0.25) is 0 Å². The largest absolute Gasteiger partial charge is 0.507 e. The molecule has 4 heteroatoms. The Balaban J connectivity index is 1.23. The molecule has 49 heavy (non-hydrogen) atoms. The number of aromatic hydroxyl groups is 1. The molecule has 1 N–H and O–H groups in total. The highest BCUT2D eigenvalue weighted by Gasteiger charge is 2.34. The van der Waals surface area contributed by atoms with E-state index in [-0.39, 0.29) is 0 Å². The highest BCUT2D eigenvalue weighted by molar-refractivity contribution is 5.44. The van der Waals surface area contributed by atoms with E-state index in [9.17, 15) is 5.11 Å². The maximum Gasteiger partial charge on any atom is 0.124 e. The third-order valence-corrected chi connectivity index (χ3v) is 14.7. The van der Waals surface area contributed by atoms with Crippen molar-refractivity contribution in [2.45, 2.75) is 249 Å². The van der Waals surface area contributed by atoms with Gasteiger partial charge < -0.3 is 5.11 Å². The van der Waals surface area contributed by atoms with E-state index < -0.39 is 0 Å². The van der Waals surface area contributed by atoms with Gasteiger partial charge in [-0.05, 0) is 94.7 Å². The van der Waals surface area contributed by atoms with E-state index in [1.807, 2.05) is 0 Å². The number of hydrogen-bond donors (Lipinski definition) is 1. The highest BCUT2D eigenvalue weighted by Crippen LogP contribution is 2.39. The molecule has 6 aliphatic rings. The highest BCUT2D eigenvalue weighted by atomic mass is 16.3. The summed E-state index contributed by atoms with van der Waals surface area (Å²) in [5.74, 6) is 0.666. The first-order chi connectivity index (χ1) is 24.2. The summed E-state index contributed by atoms with van der Waals surface area (Å²) in [4.78, 5) is 8.90. The van der Waals surface area contributed by atoms with Crippen molar-refractivity contribution in [2.24, 2.45) is 0 Å². The van der Waals surface area contributed by atoms with Gasteiger partial charge in [-0.2, -0.15) is 0 Å². The van der Waals surface area contributed by atoms with Crippen LogP contribution in [0.4, 0.5) is 0 Å². The summed E-state index contributed by atoms with van der Waals surface area (Å²) in [6, 6.07) is 9.36. The fourth-order valence-corrected chi connectivity index (χ4v) is 11.9. The molecule has 6 saturated carbocycles. The number of nitrogens with zero attached hydrogens (tertiary/aromatic N) is 3. The molecule has 1 aromatic carbocycles. The van der Waals surface area contributed by atoms with Gasteiger partial charge in [-0.15, -0.1) is 0 Å². The molecule has 0 radical (unpaired) electrons. The van der Waals surface area contributed by atoms with Crippen molar-refractivity contribution in [1.29, 1.82) is 0 Å². The predicted octanol–water partition coefficient (Wildman–Crippen LogP) is 11.8. The van der Waals surface area contributed by atoms with Crippen LogP contribution in [0.3, 0.4) is 0 Å². The summed E-state index contributed by atoms with van der Waals surface area (Å²) in [5.41, 5.74) is 4.05. The summed E-state index contributed by atoms with van der Waals surface area (Å²) >= 11 is 0. The number of phenolic OH excluding ortho intramolecular Hbond substituents is 1. The predicted molar refractivity (Wildman–Crippen MR) is 206 cm³/mol. The summed E-state index contributed by atoms with van der Waals surface area (Å²) in [6.07, 6.45) is 41.7. The van der Waals surface area contributed by atoms with E-state index in [0.717, 1.165) is 31.7 Å². The van der Waals surface area contributed by atoms with Crippen LogP contribution in [0.1, 0.15) is 209 Å². The molecular weight excluding hydrogens is 599 g/mol. The Bertz CT molecular complexity index is 983. The maximum atomic E-state index is 12.5. The second kappa shape index (κ2) is 18.6. The summed E-state index contributed by atoms with van der Waals surface area (Å²) in [7, 11) is 0. The smallest absolute Gasteiger partial charge is 0.124 e. The van der Waals surface area contributed by atoms with E-state index in [2.05, 4.69) is 26.8 Å². The minimum atomic E-state index is 0.666. The van der Waals surface area contributed by atoms with E-state index in [0.29, 0.717) is 29.9 Å². The van der Waals surface area contributed by atoms with Crippen molar-refractivity contribution in [3.63, 3.8) is 0 Å². The average Bonchev–Trinajstić information content (AvgIpc) is 3.18. The molecule has 4 nitrogen and oxygen atoms in total. The van der Waals surface area contributed by atoms with Crippen LogP contribution >= 0.6 is 0 Å². The quantitative estimate of drug-likeness (QED) is 0.239. The normalized spacial score (nSPS) is 25.5. The van der Waals surface area contributed by atoms with Crippen LogP contribution in [-0.4, -0.2) is 56.1 Å². The zero-order valence-electron chi connectivity index (χ0n) is 31.7. The fraction of sp³-hybridized carbons (Fsp3) is 0.867. The van der Waals surface area contributed by atoms with Crippen LogP contribution in [0.5, 0.6) is 5.75 Å². The Morgan fingerprint density at radius 1 is 0.347 bits per heavy atom. The number of benzene rings is 1. The van der Waals surface area contributed by atoms with Crippen molar-refractivity contribution >= 4 is 0 Å². The molecule has 6 fully saturated rings. The molecule has 0 atom stereocenters. The van der Waals surface area contributed by atoms with Crippen LogP contribution in [-0.2, 0) is 19.6 Å². The Kier molecular flexibility index (Phi) is 13.8. The van der Waals surface area contributed by atoms with Gasteiger partial charge in [0.05, 0.1) is 0 Å². The number of rotatable bonds is 12. The Morgan fingerprint density at radius 2 is 0.571 bits per heavy atom. The molecule has 276 valence electrons. The first kappa shape index (κ1) is 36.3. The second-order valence-electron chi connectivity index (χ2n) is 18.0. The lowest BCUT2D eigenvalue weighted by Crippen LogP contribution is -2.45. The first-order valence-corrected chi connectivity index (χ1v) is 22.3. The molecule has 7 rings (SSSR count). The van der Waals surface area contributed by atoms with Crippen molar-refractivity contribution in [1.82, 2.24) is 14.7 Å². The Labute approximate surface area is 302 Å². The van der Waals surface area contributed by atoms with Gasteiger partial charge in [0.15, 0.2) is 0 Å². The van der Waals surface area contributed by atoms with Crippen LogP contribution in [0.25, 0.3) is 0 Å². The van der Waals surface area contributed by atoms with Crippen molar-refractivity contribution in [2.75, 3.05) is 0 Å². The van der Waals surface area contributed by atoms with Gasteiger partial charge in [0, 0.05) is 67.0 Å². The van der Waals surface area contributed by atoms with Gasteiger partial charge in [0.2, 0.25) is 0 Å². The zero-order chi connectivity index (χ0) is 33.3. The average molecular weight is 674 g/mol. The Morgan fingerprint density at radius 3 is 0.816 bits per heavy atom. The van der Waals surface area contributed by atoms with Gasteiger partial charge in [-0.1, -0.05) is 116 Å². The molecule has 1 aromatic rings. The lowest BCUT2D eigenvalue weighted by Gasteiger charge is -2.43. The summed E-state index contributed by atoms with van der Waals surface area (Å²) < 4.78 is 0. The number of phenols is 1. The molecule has 0 spiro atoms. The fourth-order valence-electron chi connectivity index (χ4n) is 11.9. The van der Waals surface area contributed by atoms with E-state index >= 15 is 0 Å². The van der Waals surface area contributed by atoms with Gasteiger partial charge in [0.25, 0.3) is 0 Å². The van der Waals surface area contributed by atoms with E-state index in [4.69, 9.17) is 0 Å². The standard InChI is InChI=1S/C45H75N3O/c49-45-37(34-47(41-23-11-3-12-24-41)42-25-13-4-14-26-42)31-36(33-46(39-19-7-1-8-20-39)40-21-9-2-10-22-40)32-38(45)35-48(43-27-15-5-16-28-43)44-29-17-6-18-30-44/h31-32,39-44,49H,1-30,33-35H2. The second-order valence-corrected chi connectivity index (χ2v) is 18.0. The minimum absolute atomic E-state index is 0.666. The van der Waals surface area contributed by atoms with Gasteiger partial charge in [0.1, 0.15) is 5.75 Å². The van der Waals surface area contributed by atoms with Crippen LogP contribution in [0.15, 0.2) is 12.1 Å². The third-order valence-electron chi connectivity index (χ3n) is 14.7. The van der Waals surface area contributed by atoms with Crippen LogP contribution < -0.4 is 0 Å². The Hall–Kier alpha value is -1.10. The van der Waals surface area contributed by atoms with Crippen LogP contribution in [0, 0.1) is 0 Å². The number of hydrogen-bond acceptors (Lipinski definition) is 4. The molecular formula is C45H75N3O. The first-order valence-electron chi connectivity index (χ1n) is 22.3. The lowest BCUT2D eigenvalue weighted by molar-refractivity contribution is 0.0680. The molecule has 0 saturated heterocycles. The third kappa shape index (κ3) is 9.67. The van der Waals surface area contributed by atoms with Crippen molar-refractivity contribution < 1.29 is 5.11 Å². The molecule has 0 heterocycles. The van der Waals surface area contributed by atoms with Gasteiger partial charge in [-0.3, -0.25) is 14.7 Å². The SMILES string of the molecule is Oc1c(CN(C2CCCCC2)C2CCCCC2)cc(CN(C2CCCCC2)C2CCCCC2)cc1CN(C1CCCCC1)C1CCCCC1. The lowest BCUT2D eigenvalue weighted by atomic mass is 9.87. The molecule has 0 unspecified atom stereocenters. The van der Waals surface area contributed by atoms with E-state index in [1.165, 1.54) is 209 Å². The molecule has 0 aliphatic heterocycles. The maximum absolute atomic E-state index is 12.5. The topological polar surface area (TPSA) is 30.0 Å². The molecule has 0 amide bonds. The summed E-state index contributed by atoms with van der Waals surface area (Å²) in [6.45, 7) is 3.01. The molecule has 0 bridgehead atoms. The van der Waals surface area contributed by atoms with Gasteiger partial charge >= 0.3 is 0 Å². The molecule has 6 aliphatic carbocycles. The summed E-state index contributed by atoms with van der Waals surface area (Å²) in [5, 5.41) is 12.5. The van der Waals surface area contributed by atoms with Gasteiger partial charge in [-0.25, -0.2) is 0 Å². The zero-order valence-corrected chi connectivity index (χ0v) is 31.7. The molecule has 0 aromatic heterocycles.